The summed E-state index contributed by atoms with van der Waals surface area (Å²) in [5, 5.41) is 25.5. The first-order valence-electron chi connectivity index (χ1n) is 5.86. The number of Topliss-reactive ketones (excluding diaryl/α,β-unsaturated/α-hetero) is 1. The topological polar surface area (TPSA) is 122 Å². The molecule has 0 bridgehead atoms. The minimum atomic E-state index is -1.26. The maximum absolute atomic E-state index is 11.4. The van der Waals surface area contributed by atoms with Crippen molar-refractivity contribution in [3.8, 4) is 5.69 Å². The molecule has 0 radical (unpaired) electrons. The molecule has 0 saturated carbocycles. The van der Waals surface area contributed by atoms with E-state index in [-0.39, 0.29) is 28.3 Å². The lowest BCUT2D eigenvalue weighted by Crippen LogP contribution is -2.07. The summed E-state index contributed by atoms with van der Waals surface area (Å²) in [7, 11) is 0. The molecule has 2 aromatic rings. The zero-order valence-electron chi connectivity index (χ0n) is 11.2. The molecule has 0 fully saturated rings. The van der Waals surface area contributed by atoms with Crippen LogP contribution in [0.25, 0.3) is 5.69 Å². The molecule has 1 aromatic heterocycles. The molecule has 0 aliphatic rings. The maximum Gasteiger partial charge on any atom is 0.335 e. The predicted molar refractivity (Wildman–Crippen MR) is 70.0 cm³/mol. The first kappa shape index (κ1) is 14.4. The second kappa shape index (κ2) is 5.16. The molecule has 2 rings (SSSR count). The summed E-state index contributed by atoms with van der Waals surface area (Å²) in [5.41, 5.74) is 0.382. The van der Waals surface area contributed by atoms with Crippen LogP contribution < -0.4 is 0 Å². The maximum atomic E-state index is 11.4. The Morgan fingerprint density at radius 2 is 1.57 bits per heavy atom. The second-order valence-electron chi connectivity index (χ2n) is 4.37. The van der Waals surface area contributed by atoms with Gasteiger partial charge in [0, 0.05) is 6.92 Å². The number of benzene rings is 1. The molecule has 0 unspecified atom stereocenters. The summed E-state index contributed by atoms with van der Waals surface area (Å²) in [4.78, 5) is 33.5. The van der Waals surface area contributed by atoms with Crippen molar-refractivity contribution >= 4 is 17.7 Å². The van der Waals surface area contributed by atoms with E-state index in [2.05, 4.69) is 10.3 Å². The van der Waals surface area contributed by atoms with E-state index < -0.39 is 11.9 Å². The highest BCUT2D eigenvalue weighted by Gasteiger charge is 2.17. The molecule has 8 heteroatoms. The van der Waals surface area contributed by atoms with Gasteiger partial charge >= 0.3 is 11.9 Å². The lowest BCUT2D eigenvalue weighted by Gasteiger charge is -2.06. The summed E-state index contributed by atoms with van der Waals surface area (Å²) in [5.74, 6) is -2.81. The Labute approximate surface area is 118 Å². The fourth-order valence-corrected chi connectivity index (χ4v) is 1.88. The molecule has 0 aliphatic heterocycles. The molecule has 2 N–H and O–H groups in total. The van der Waals surface area contributed by atoms with E-state index in [0.29, 0.717) is 5.69 Å². The Morgan fingerprint density at radius 3 is 1.95 bits per heavy atom. The van der Waals surface area contributed by atoms with E-state index in [1.807, 2.05) is 0 Å². The highest BCUT2D eigenvalue weighted by Crippen LogP contribution is 2.17. The molecular formula is C13H11N3O5. The molecule has 108 valence electrons. The molecule has 21 heavy (non-hydrogen) atoms. The number of hydrogen-bond acceptors (Lipinski definition) is 5. The Kier molecular flexibility index (Phi) is 3.53. The first-order chi connectivity index (χ1) is 9.81. The van der Waals surface area contributed by atoms with Gasteiger partial charge in [-0.05, 0) is 25.1 Å². The van der Waals surface area contributed by atoms with Gasteiger partial charge in [-0.15, -0.1) is 5.10 Å². The largest absolute Gasteiger partial charge is 0.478 e. The summed E-state index contributed by atoms with van der Waals surface area (Å²) < 4.78 is 1.23. The number of carbonyl (C=O) groups excluding carboxylic acids is 1. The van der Waals surface area contributed by atoms with E-state index in [4.69, 9.17) is 10.2 Å². The first-order valence-corrected chi connectivity index (χ1v) is 5.86. The number of nitrogens with zero attached hydrogens (tertiary/aromatic N) is 3. The van der Waals surface area contributed by atoms with Gasteiger partial charge in [-0.3, -0.25) is 4.79 Å². The molecule has 0 atom stereocenters. The van der Waals surface area contributed by atoms with Crippen LogP contribution in [0.3, 0.4) is 0 Å². The summed E-state index contributed by atoms with van der Waals surface area (Å²) in [6, 6.07) is 3.58. The normalized spacial score (nSPS) is 10.4. The van der Waals surface area contributed by atoms with Crippen LogP contribution in [0.2, 0.25) is 0 Å². The van der Waals surface area contributed by atoms with Crippen molar-refractivity contribution in [2.24, 2.45) is 0 Å². The third kappa shape index (κ3) is 2.64. The summed E-state index contributed by atoms with van der Waals surface area (Å²) in [6.07, 6.45) is 0. The van der Waals surface area contributed by atoms with Gasteiger partial charge in [0.1, 0.15) is 0 Å². The average Bonchev–Trinajstić information content (AvgIpc) is 2.80. The Hall–Kier alpha value is -3.03. The van der Waals surface area contributed by atoms with E-state index in [1.165, 1.54) is 23.7 Å². The number of carboxylic acid groups (broad SMARTS) is 2. The minimum absolute atomic E-state index is 0.146. The molecule has 1 aromatic carbocycles. The summed E-state index contributed by atoms with van der Waals surface area (Å²) in [6.45, 7) is 2.92. The number of aromatic nitrogens is 3. The SMILES string of the molecule is CC(=O)c1nnn(-c2cc(C(=O)O)cc(C(=O)O)c2)c1C. The fraction of sp³-hybridized carbons (Fsp3) is 0.154. The van der Waals surface area contributed by atoms with E-state index in [1.54, 1.807) is 6.92 Å². The van der Waals surface area contributed by atoms with Crippen LogP contribution >= 0.6 is 0 Å². The van der Waals surface area contributed by atoms with Crippen LogP contribution in [0.1, 0.15) is 43.8 Å². The van der Waals surface area contributed by atoms with Gasteiger partial charge in [-0.2, -0.15) is 0 Å². The Balaban J connectivity index is 2.66. The van der Waals surface area contributed by atoms with E-state index >= 15 is 0 Å². The van der Waals surface area contributed by atoms with Crippen LogP contribution in [-0.2, 0) is 0 Å². The third-order valence-corrected chi connectivity index (χ3v) is 2.88. The van der Waals surface area contributed by atoms with E-state index in [9.17, 15) is 14.4 Å². The third-order valence-electron chi connectivity index (χ3n) is 2.88. The van der Waals surface area contributed by atoms with Crippen LogP contribution in [0.5, 0.6) is 0 Å². The molecule has 8 nitrogen and oxygen atoms in total. The van der Waals surface area contributed by atoms with Crippen molar-refractivity contribution in [3.05, 3.63) is 40.7 Å². The molecule has 0 saturated heterocycles. The van der Waals surface area contributed by atoms with Gasteiger partial charge in [0.15, 0.2) is 11.5 Å². The second-order valence-corrected chi connectivity index (χ2v) is 4.37. The zero-order chi connectivity index (χ0) is 15.7. The van der Waals surface area contributed by atoms with Crippen molar-refractivity contribution in [3.63, 3.8) is 0 Å². The highest BCUT2D eigenvalue weighted by molar-refractivity contribution is 5.95. The Bertz CT molecular complexity index is 731. The van der Waals surface area contributed by atoms with Gasteiger partial charge in [0.2, 0.25) is 0 Å². The minimum Gasteiger partial charge on any atom is -0.478 e. The van der Waals surface area contributed by atoms with Gasteiger partial charge in [-0.25, -0.2) is 14.3 Å². The van der Waals surface area contributed by atoms with Crippen LogP contribution in [0, 0.1) is 6.92 Å². The van der Waals surface area contributed by atoms with Gasteiger partial charge in [0.25, 0.3) is 0 Å². The zero-order valence-corrected chi connectivity index (χ0v) is 11.2. The number of rotatable bonds is 4. The average molecular weight is 289 g/mol. The van der Waals surface area contributed by atoms with Crippen LogP contribution in [0.15, 0.2) is 18.2 Å². The highest BCUT2D eigenvalue weighted by atomic mass is 16.4. The lowest BCUT2D eigenvalue weighted by atomic mass is 10.1. The van der Waals surface area contributed by atoms with Gasteiger partial charge in [-0.1, -0.05) is 5.21 Å². The number of hydrogen-bond donors (Lipinski definition) is 2. The Morgan fingerprint density at radius 1 is 1.05 bits per heavy atom. The van der Waals surface area contributed by atoms with Crippen LogP contribution in [-0.4, -0.2) is 42.9 Å². The lowest BCUT2D eigenvalue weighted by molar-refractivity contribution is 0.0696. The number of aromatic carboxylic acids is 2. The molecular weight excluding hydrogens is 278 g/mol. The van der Waals surface area contributed by atoms with Crippen molar-refractivity contribution in [1.29, 1.82) is 0 Å². The predicted octanol–water partition coefficient (Wildman–Crippen LogP) is 1.17. The molecule has 0 amide bonds. The van der Waals surface area contributed by atoms with Crippen molar-refractivity contribution in [2.45, 2.75) is 13.8 Å². The van der Waals surface area contributed by atoms with Crippen molar-refractivity contribution < 1.29 is 24.6 Å². The van der Waals surface area contributed by atoms with E-state index in [0.717, 1.165) is 6.07 Å². The molecule has 1 heterocycles. The van der Waals surface area contributed by atoms with Gasteiger partial charge in [0.05, 0.1) is 22.5 Å². The number of carbonyl (C=O) groups is 3. The summed E-state index contributed by atoms with van der Waals surface area (Å²) >= 11 is 0. The molecule has 0 spiro atoms. The van der Waals surface area contributed by atoms with Gasteiger partial charge < -0.3 is 10.2 Å². The fourth-order valence-electron chi connectivity index (χ4n) is 1.88. The number of ketones is 1. The number of carboxylic acids is 2. The standard InChI is InChI=1S/C13H11N3O5/c1-6-11(7(2)17)14-15-16(6)10-4-8(12(18)19)3-9(5-10)13(20)21/h3-5H,1-2H3,(H,18,19)(H,20,21). The molecule has 0 aliphatic carbocycles. The quantitative estimate of drug-likeness (QED) is 0.810. The van der Waals surface area contributed by atoms with Crippen molar-refractivity contribution in [2.75, 3.05) is 0 Å². The van der Waals surface area contributed by atoms with Crippen LogP contribution in [0.4, 0.5) is 0 Å². The smallest absolute Gasteiger partial charge is 0.335 e. The monoisotopic (exact) mass is 289 g/mol. The van der Waals surface area contributed by atoms with Crippen molar-refractivity contribution in [1.82, 2.24) is 15.0 Å².